The quantitative estimate of drug-likeness (QED) is 0.687. The van der Waals surface area contributed by atoms with Crippen LogP contribution in [-0.4, -0.2) is 21.6 Å². The number of methoxy groups -OCH3 is 1. The van der Waals surface area contributed by atoms with Gasteiger partial charge in [0.05, 0.1) is 12.6 Å². The first-order chi connectivity index (χ1) is 11.5. The molecule has 2 aromatic heterocycles. The van der Waals surface area contributed by atoms with Crippen molar-refractivity contribution in [1.82, 2.24) is 14.5 Å². The molecule has 2 heterocycles. The number of halogens is 2. The molecule has 0 aliphatic rings. The SMILES string of the molecule is CCC(Nc1cc(Cl)ncn1)n1c(C)cc2c(OC)ccc(F)c21. The first kappa shape index (κ1) is 16.5. The van der Waals surface area contributed by atoms with Gasteiger partial charge in [0.1, 0.15) is 35.0 Å². The number of nitrogens with zero attached hydrogens (tertiary/aromatic N) is 3. The number of benzene rings is 1. The summed E-state index contributed by atoms with van der Waals surface area (Å²) in [5, 5.41) is 4.39. The van der Waals surface area contributed by atoms with E-state index in [-0.39, 0.29) is 12.0 Å². The second-order valence-corrected chi connectivity index (χ2v) is 5.85. The molecule has 3 aromatic rings. The van der Waals surface area contributed by atoms with E-state index in [0.29, 0.717) is 22.2 Å². The molecule has 1 atom stereocenters. The summed E-state index contributed by atoms with van der Waals surface area (Å²) in [6.45, 7) is 3.96. The average Bonchev–Trinajstić information content (AvgIpc) is 2.91. The van der Waals surface area contributed by atoms with Crippen LogP contribution in [0.2, 0.25) is 5.15 Å². The number of hydrogen-bond acceptors (Lipinski definition) is 4. The minimum absolute atomic E-state index is 0.185. The predicted octanol–water partition coefficient (Wildman–Crippen LogP) is 4.56. The fourth-order valence-electron chi connectivity index (χ4n) is 2.91. The number of aryl methyl sites for hydroxylation is 1. The normalized spacial score (nSPS) is 12.4. The summed E-state index contributed by atoms with van der Waals surface area (Å²) < 4.78 is 21.8. The Hall–Kier alpha value is -2.34. The Morgan fingerprint density at radius 1 is 1.33 bits per heavy atom. The molecule has 24 heavy (non-hydrogen) atoms. The Bertz CT molecular complexity index is 880. The molecule has 0 aliphatic heterocycles. The minimum atomic E-state index is -0.292. The molecule has 3 rings (SSSR count). The number of hydrogen-bond donors (Lipinski definition) is 1. The van der Waals surface area contributed by atoms with Gasteiger partial charge in [0, 0.05) is 17.1 Å². The standard InChI is InChI=1S/C17H18ClFN4O/c1-4-16(22-15-8-14(18)20-9-21-15)23-10(2)7-11-13(24-3)6-5-12(19)17(11)23/h5-9,16H,4H2,1-3H3,(H,20,21,22). The first-order valence-electron chi connectivity index (χ1n) is 7.63. The van der Waals surface area contributed by atoms with Gasteiger partial charge < -0.3 is 14.6 Å². The van der Waals surface area contributed by atoms with Crippen LogP contribution < -0.4 is 10.1 Å². The molecular weight excluding hydrogens is 331 g/mol. The number of aromatic nitrogens is 3. The molecule has 0 fully saturated rings. The van der Waals surface area contributed by atoms with Crippen LogP contribution in [0.1, 0.15) is 25.2 Å². The van der Waals surface area contributed by atoms with E-state index in [0.717, 1.165) is 17.5 Å². The van der Waals surface area contributed by atoms with Crippen molar-refractivity contribution in [3.63, 3.8) is 0 Å². The summed E-state index contributed by atoms with van der Waals surface area (Å²) in [5.74, 6) is 0.944. The Morgan fingerprint density at radius 2 is 2.12 bits per heavy atom. The maximum Gasteiger partial charge on any atom is 0.147 e. The third-order valence-corrected chi connectivity index (χ3v) is 4.18. The molecule has 5 nitrogen and oxygen atoms in total. The van der Waals surface area contributed by atoms with Crippen LogP contribution in [0.5, 0.6) is 5.75 Å². The molecule has 1 unspecified atom stereocenters. The van der Waals surface area contributed by atoms with Crippen molar-refractivity contribution in [2.24, 2.45) is 0 Å². The van der Waals surface area contributed by atoms with Crippen LogP contribution >= 0.6 is 11.6 Å². The van der Waals surface area contributed by atoms with Gasteiger partial charge in [0.15, 0.2) is 0 Å². The van der Waals surface area contributed by atoms with E-state index in [4.69, 9.17) is 16.3 Å². The van der Waals surface area contributed by atoms with Crippen LogP contribution in [0, 0.1) is 12.7 Å². The van der Waals surface area contributed by atoms with Crippen LogP contribution in [0.3, 0.4) is 0 Å². The maximum atomic E-state index is 14.5. The summed E-state index contributed by atoms with van der Waals surface area (Å²) in [4.78, 5) is 8.04. The van der Waals surface area contributed by atoms with Crippen molar-refractivity contribution < 1.29 is 9.13 Å². The number of ether oxygens (including phenoxy) is 1. The number of nitrogens with one attached hydrogen (secondary N) is 1. The largest absolute Gasteiger partial charge is 0.496 e. The third kappa shape index (κ3) is 2.89. The van der Waals surface area contributed by atoms with Gasteiger partial charge in [0.2, 0.25) is 0 Å². The first-order valence-corrected chi connectivity index (χ1v) is 8.01. The van der Waals surface area contributed by atoms with Crippen molar-refractivity contribution in [1.29, 1.82) is 0 Å². The van der Waals surface area contributed by atoms with Crippen molar-refractivity contribution in [2.75, 3.05) is 12.4 Å². The summed E-state index contributed by atoms with van der Waals surface area (Å²) >= 11 is 5.91. The third-order valence-electron chi connectivity index (χ3n) is 3.97. The highest BCUT2D eigenvalue weighted by Gasteiger charge is 2.20. The molecule has 1 N–H and O–H groups in total. The Kier molecular flexibility index (Phi) is 4.57. The molecular formula is C17H18ClFN4O. The van der Waals surface area contributed by atoms with E-state index in [9.17, 15) is 4.39 Å². The molecule has 0 radical (unpaired) electrons. The zero-order valence-corrected chi connectivity index (χ0v) is 14.4. The van der Waals surface area contributed by atoms with E-state index < -0.39 is 0 Å². The van der Waals surface area contributed by atoms with Crippen LogP contribution in [0.15, 0.2) is 30.6 Å². The maximum absolute atomic E-state index is 14.5. The van der Waals surface area contributed by atoms with E-state index in [1.54, 1.807) is 19.2 Å². The monoisotopic (exact) mass is 348 g/mol. The molecule has 0 saturated carbocycles. The van der Waals surface area contributed by atoms with Gasteiger partial charge in [0.25, 0.3) is 0 Å². The fourth-order valence-corrected chi connectivity index (χ4v) is 3.06. The molecule has 0 saturated heterocycles. The predicted molar refractivity (Wildman–Crippen MR) is 93.2 cm³/mol. The van der Waals surface area contributed by atoms with Gasteiger partial charge in [-0.05, 0) is 31.5 Å². The summed E-state index contributed by atoms with van der Waals surface area (Å²) in [6, 6.07) is 6.63. The number of fused-ring (bicyclic) bond motifs is 1. The number of rotatable bonds is 5. The second-order valence-electron chi connectivity index (χ2n) is 5.46. The molecule has 0 amide bonds. The molecule has 7 heteroatoms. The summed E-state index contributed by atoms with van der Waals surface area (Å²) in [5.41, 5.74) is 1.43. The smallest absolute Gasteiger partial charge is 0.147 e. The van der Waals surface area contributed by atoms with E-state index in [2.05, 4.69) is 15.3 Å². The molecule has 0 aliphatic carbocycles. The van der Waals surface area contributed by atoms with Crippen molar-refractivity contribution in [3.8, 4) is 5.75 Å². The van der Waals surface area contributed by atoms with Crippen LogP contribution in [0.4, 0.5) is 10.2 Å². The Balaban J connectivity index is 2.11. The second kappa shape index (κ2) is 6.65. The molecule has 1 aromatic carbocycles. The van der Waals surface area contributed by atoms with Gasteiger partial charge in [-0.25, -0.2) is 14.4 Å². The van der Waals surface area contributed by atoms with Crippen molar-refractivity contribution in [2.45, 2.75) is 26.4 Å². The highest BCUT2D eigenvalue weighted by atomic mass is 35.5. The minimum Gasteiger partial charge on any atom is -0.496 e. The molecule has 0 bridgehead atoms. The van der Waals surface area contributed by atoms with E-state index in [1.165, 1.54) is 12.4 Å². The summed E-state index contributed by atoms with van der Waals surface area (Å²) in [7, 11) is 1.58. The van der Waals surface area contributed by atoms with Gasteiger partial charge in [-0.2, -0.15) is 0 Å². The molecule has 126 valence electrons. The lowest BCUT2D eigenvalue weighted by atomic mass is 10.2. The van der Waals surface area contributed by atoms with Gasteiger partial charge >= 0.3 is 0 Å². The lowest BCUT2D eigenvalue weighted by molar-refractivity contribution is 0.419. The lowest BCUT2D eigenvalue weighted by Crippen LogP contribution is -2.19. The van der Waals surface area contributed by atoms with Crippen molar-refractivity contribution in [3.05, 3.63) is 47.3 Å². The molecule has 0 spiro atoms. The van der Waals surface area contributed by atoms with E-state index in [1.807, 2.05) is 24.5 Å². The van der Waals surface area contributed by atoms with Crippen LogP contribution in [0.25, 0.3) is 10.9 Å². The van der Waals surface area contributed by atoms with Crippen molar-refractivity contribution >= 4 is 28.3 Å². The zero-order valence-electron chi connectivity index (χ0n) is 13.7. The lowest BCUT2D eigenvalue weighted by Gasteiger charge is -2.22. The Labute approximate surface area is 144 Å². The van der Waals surface area contributed by atoms with Crippen LogP contribution in [-0.2, 0) is 0 Å². The summed E-state index contributed by atoms with van der Waals surface area (Å²) in [6.07, 6.45) is 1.93. The fraction of sp³-hybridized carbons (Fsp3) is 0.294. The van der Waals surface area contributed by atoms with E-state index >= 15 is 0 Å². The highest BCUT2D eigenvalue weighted by molar-refractivity contribution is 6.29. The van der Waals surface area contributed by atoms with Gasteiger partial charge in [-0.15, -0.1) is 0 Å². The van der Waals surface area contributed by atoms with Gasteiger partial charge in [-0.1, -0.05) is 18.5 Å². The zero-order chi connectivity index (χ0) is 17.3. The van der Waals surface area contributed by atoms with Gasteiger partial charge in [-0.3, -0.25) is 0 Å². The Morgan fingerprint density at radius 3 is 2.79 bits per heavy atom. The highest BCUT2D eigenvalue weighted by Crippen LogP contribution is 2.34. The topological polar surface area (TPSA) is 52.0 Å². The number of anilines is 1. The average molecular weight is 349 g/mol.